The minimum atomic E-state index is 0.419. The Labute approximate surface area is 103 Å². The van der Waals surface area contributed by atoms with E-state index in [9.17, 15) is 0 Å². The van der Waals surface area contributed by atoms with Crippen molar-refractivity contribution in [2.45, 2.75) is 53.1 Å². The van der Waals surface area contributed by atoms with E-state index in [0.717, 1.165) is 6.54 Å². The fraction of sp³-hybridized carbons (Fsp3) is 0.833. The number of nitrogens with one attached hydrogen (secondary N) is 2. The van der Waals surface area contributed by atoms with Gasteiger partial charge >= 0.3 is 6.01 Å². The van der Waals surface area contributed by atoms with Crippen molar-refractivity contribution in [3.63, 3.8) is 0 Å². The van der Waals surface area contributed by atoms with Gasteiger partial charge in [-0.15, -0.1) is 5.10 Å². The summed E-state index contributed by atoms with van der Waals surface area (Å²) in [5, 5.41) is 14.4. The SMILES string of the molecule is CCC(CC)CNc1nnc(CNC(C)C)o1. The molecule has 0 unspecified atom stereocenters. The van der Waals surface area contributed by atoms with Crippen molar-refractivity contribution in [2.24, 2.45) is 5.92 Å². The van der Waals surface area contributed by atoms with Crippen LogP contribution in [0, 0.1) is 5.92 Å². The lowest BCUT2D eigenvalue weighted by molar-refractivity contribution is 0.451. The second kappa shape index (κ2) is 7.27. The van der Waals surface area contributed by atoms with Crippen molar-refractivity contribution in [1.82, 2.24) is 15.5 Å². The summed E-state index contributed by atoms with van der Waals surface area (Å²) in [6.45, 7) is 10.1. The minimum absolute atomic E-state index is 0.419. The molecule has 0 amide bonds. The van der Waals surface area contributed by atoms with Crippen molar-refractivity contribution in [3.8, 4) is 0 Å². The van der Waals surface area contributed by atoms with Gasteiger partial charge in [-0.2, -0.15) is 0 Å². The number of nitrogens with zero attached hydrogens (tertiary/aromatic N) is 2. The highest BCUT2D eigenvalue weighted by atomic mass is 16.4. The third-order valence-corrected chi connectivity index (χ3v) is 2.83. The summed E-state index contributed by atoms with van der Waals surface area (Å²) < 4.78 is 5.48. The molecule has 2 N–H and O–H groups in total. The summed E-state index contributed by atoms with van der Waals surface area (Å²) in [5.41, 5.74) is 0. The predicted octanol–water partition coefficient (Wildman–Crippen LogP) is 2.42. The molecule has 1 aromatic heterocycles. The molecule has 1 rings (SSSR count). The summed E-state index contributed by atoms with van der Waals surface area (Å²) in [4.78, 5) is 0. The zero-order chi connectivity index (χ0) is 12.7. The van der Waals surface area contributed by atoms with Gasteiger partial charge in [0.05, 0.1) is 6.54 Å². The largest absolute Gasteiger partial charge is 0.407 e. The number of rotatable bonds is 8. The minimum Gasteiger partial charge on any atom is -0.407 e. The monoisotopic (exact) mass is 240 g/mol. The lowest BCUT2D eigenvalue weighted by Crippen LogP contribution is -2.21. The molecule has 0 saturated heterocycles. The number of anilines is 1. The highest BCUT2D eigenvalue weighted by Crippen LogP contribution is 2.10. The van der Waals surface area contributed by atoms with Crippen molar-refractivity contribution in [1.29, 1.82) is 0 Å². The van der Waals surface area contributed by atoms with Gasteiger partial charge in [0.2, 0.25) is 5.89 Å². The van der Waals surface area contributed by atoms with Crippen LogP contribution in [0.15, 0.2) is 4.42 Å². The first-order chi connectivity index (χ1) is 8.15. The van der Waals surface area contributed by atoms with Crippen LogP contribution in [0.25, 0.3) is 0 Å². The lowest BCUT2D eigenvalue weighted by atomic mass is 10.0. The van der Waals surface area contributed by atoms with E-state index in [1.54, 1.807) is 0 Å². The standard InChI is InChI=1S/C12H24N4O/c1-5-10(6-2)7-14-12-16-15-11(17-12)8-13-9(3)4/h9-10,13H,5-8H2,1-4H3,(H,14,16). The summed E-state index contributed by atoms with van der Waals surface area (Å²) >= 11 is 0. The smallest absolute Gasteiger partial charge is 0.315 e. The average molecular weight is 240 g/mol. The Morgan fingerprint density at radius 2 is 1.88 bits per heavy atom. The van der Waals surface area contributed by atoms with Gasteiger partial charge in [-0.05, 0) is 5.92 Å². The second-order valence-electron chi connectivity index (χ2n) is 4.60. The van der Waals surface area contributed by atoms with Gasteiger partial charge in [-0.1, -0.05) is 45.6 Å². The number of hydrogen-bond acceptors (Lipinski definition) is 5. The van der Waals surface area contributed by atoms with Crippen LogP contribution in [0.3, 0.4) is 0 Å². The Balaban J connectivity index is 2.35. The third kappa shape index (κ3) is 5.17. The van der Waals surface area contributed by atoms with E-state index in [4.69, 9.17) is 4.42 Å². The molecule has 0 radical (unpaired) electrons. The zero-order valence-electron chi connectivity index (χ0n) is 11.3. The van der Waals surface area contributed by atoms with E-state index >= 15 is 0 Å². The van der Waals surface area contributed by atoms with E-state index in [-0.39, 0.29) is 0 Å². The van der Waals surface area contributed by atoms with Crippen LogP contribution >= 0.6 is 0 Å². The third-order valence-electron chi connectivity index (χ3n) is 2.83. The molecule has 1 aromatic rings. The molecule has 0 aliphatic rings. The van der Waals surface area contributed by atoms with E-state index in [1.807, 2.05) is 0 Å². The molecule has 98 valence electrons. The molecule has 0 aliphatic carbocycles. The Kier molecular flexibility index (Phi) is 5.97. The van der Waals surface area contributed by atoms with Crippen LogP contribution in [0.2, 0.25) is 0 Å². The highest BCUT2D eigenvalue weighted by molar-refractivity contribution is 5.16. The van der Waals surface area contributed by atoms with Gasteiger partial charge < -0.3 is 15.1 Å². The zero-order valence-corrected chi connectivity index (χ0v) is 11.3. The van der Waals surface area contributed by atoms with E-state index in [2.05, 4.69) is 48.5 Å². The summed E-state index contributed by atoms with van der Waals surface area (Å²) in [6, 6.07) is 0.945. The van der Waals surface area contributed by atoms with Crippen molar-refractivity contribution < 1.29 is 4.42 Å². The molecular formula is C12H24N4O. The van der Waals surface area contributed by atoms with Crippen LogP contribution in [-0.4, -0.2) is 22.8 Å². The van der Waals surface area contributed by atoms with Crippen LogP contribution in [0.4, 0.5) is 6.01 Å². The van der Waals surface area contributed by atoms with Gasteiger partial charge in [0.1, 0.15) is 0 Å². The molecule has 0 aromatic carbocycles. The molecule has 0 spiro atoms. The molecule has 0 aliphatic heterocycles. The number of hydrogen-bond donors (Lipinski definition) is 2. The molecule has 1 heterocycles. The molecule has 0 atom stereocenters. The van der Waals surface area contributed by atoms with Crippen LogP contribution in [0.1, 0.15) is 46.4 Å². The van der Waals surface area contributed by atoms with Crippen LogP contribution in [-0.2, 0) is 6.54 Å². The Morgan fingerprint density at radius 3 is 2.47 bits per heavy atom. The molecule has 5 heteroatoms. The molecule has 0 fully saturated rings. The first kappa shape index (κ1) is 14.0. The summed E-state index contributed by atoms with van der Waals surface area (Å²) in [7, 11) is 0. The maximum absolute atomic E-state index is 5.48. The first-order valence-corrected chi connectivity index (χ1v) is 6.45. The maximum Gasteiger partial charge on any atom is 0.315 e. The van der Waals surface area contributed by atoms with Gasteiger partial charge in [0, 0.05) is 12.6 Å². The Hall–Kier alpha value is -1.10. The van der Waals surface area contributed by atoms with Gasteiger partial charge in [-0.25, -0.2) is 0 Å². The molecule has 0 saturated carbocycles. The molecule has 5 nitrogen and oxygen atoms in total. The number of aromatic nitrogens is 2. The molecule has 0 bridgehead atoms. The van der Waals surface area contributed by atoms with E-state index in [0.29, 0.717) is 30.4 Å². The molecule has 17 heavy (non-hydrogen) atoms. The van der Waals surface area contributed by atoms with Crippen molar-refractivity contribution >= 4 is 6.01 Å². The van der Waals surface area contributed by atoms with Crippen molar-refractivity contribution in [3.05, 3.63) is 5.89 Å². The second-order valence-corrected chi connectivity index (χ2v) is 4.60. The Morgan fingerprint density at radius 1 is 1.18 bits per heavy atom. The fourth-order valence-electron chi connectivity index (χ4n) is 1.50. The van der Waals surface area contributed by atoms with Crippen LogP contribution < -0.4 is 10.6 Å². The lowest BCUT2D eigenvalue weighted by Gasteiger charge is -2.11. The maximum atomic E-state index is 5.48. The van der Waals surface area contributed by atoms with Crippen LogP contribution in [0.5, 0.6) is 0 Å². The van der Waals surface area contributed by atoms with E-state index < -0.39 is 0 Å². The summed E-state index contributed by atoms with van der Waals surface area (Å²) in [5.74, 6) is 1.30. The highest BCUT2D eigenvalue weighted by Gasteiger charge is 2.08. The van der Waals surface area contributed by atoms with Gasteiger partial charge in [0.25, 0.3) is 0 Å². The quantitative estimate of drug-likeness (QED) is 0.730. The normalized spacial score (nSPS) is 11.4. The Bertz CT molecular complexity index is 307. The van der Waals surface area contributed by atoms with E-state index in [1.165, 1.54) is 12.8 Å². The van der Waals surface area contributed by atoms with Crippen molar-refractivity contribution in [2.75, 3.05) is 11.9 Å². The summed E-state index contributed by atoms with van der Waals surface area (Å²) in [6.07, 6.45) is 2.33. The first-order valence-electron chi connectivity index (χ1n) is 6.45. The van der Waals surface area contributed by atoms with Gasteiger partial charge in [0.15, 0.2) is 0 Å². The predicted molar refractivity (Wildman–Crippen MR) is 68.8 cm³/mol. The van der Waals surface area contributed by atoms with Gasteiger partial charge in [-0.3, -0.25) is 0 Å². The average Bonchev–Trinajstić information content (AvgIpc) is 2.76. The topological polar surface area (TPSA) is 63.0 Å². The molecular weight excluding hydrogens is 216 g/mol. The fourth-order valence-corrected chi connectivity index (χ4v) is 1.50.